The fourth-order valence-corrected chi connectivity index (χ4v) is 4.99. The molecule has 3 rings (SSSR count). The van der Waals surface area contributed by atoms with Gasteiger partial charge in [-0.3, -0.25) is 9.36 Å². The summed E-state index contributed by atoms with van der Waals surface area (Å²) in [4.78, 5) is 13.1. The van der Waals surface area contributed by atoms with E-state index in [-0.39, 0.29) is 17.9 Å². The van der Waals surface area contributed by atoms with Crippen molar-refractivity contribution >= 4 is 17.5 Å². The fraction of sp³-hybridized carbons (Fsp3) is 0.458. The van der Waals surface area contributed by atoms with Crippen molar-refractivity contribution in [3.8, 4) is 17.1 Å². The number of methoxy groups -OCH3 is 2. The molecule has 3 aromatic rings. The first-order valence-electron chi connectivity index (χ1n) is 10.7. The minimum atomic E-state index is 0.0864. The Labute approximate surface area is 194 Å². The van der Waals surface area contributed by atoms with Gasteiger partial charge in [0.1, 0.15) is 5.75 Å². The average Bonchev–Trinajstić information content (AvgIpc) is 3.33. The molecule has 2 heterocycles. The average molecular weight is 457 g/mol. The number of hydrogen-bond acceptors (Lipinski definition) is 6. The molecule has 172 valence electrons. The summed E-state index contributed by atoms with van der Waals surface area (Å²) < 4.78 is 14.8. The molecule has 0 N–H and O–H groups in total. The lowest BCUT2D eigenvalue weighted by Gasteiger charge is -2.17. The van der Waals surface area contributed by atoms with E-state index in [1.165, 1.54) is 11.8 Å². The Morgan fingerprint density at radius 2 is 1.75 bits per heavy atom. The maximum absolute atomic E-state index is 13.1. The molecular weight excluding hydrogens is 424 g/mol. The number of nitrogens with zero attached hydrogens (tertiary/aromatic N) is 4. The summed E-state index contributed by atoms with van der Waals surface area (Å²) in [5, 5.41) is 9.54. The van der Waals surface area contributed by atoms with Gasteiger partial charge in [0, 0.05) is 35.7 Å². The number of carbonyl (C=O) groups excluding carboxylic acids is 1. The molecule has 0 radical (unpaired) electrons. The zero-order chi connectivity index (χ0) is 23.4. The quantitative estimate of drug-likeness (QED) is 0.311. The highest BCUT2D eigenvalue weighted by molar-refractivity contribution is 7.99. The van der Waals surface area contributed by atoms with Crippen molar-refractivity contribution in [1.29, 1.82) is 0 Å². The van der Waals surface area contributed by atoms with Crippen LogP contribution >= 0.6 is 11.8 Å². The first-order valence-corrected chi connectivity index (χ1v) is 11.7. The number of ether oxygens (including phenoxy) is 2. The number of thioether (sulfide) groups is 1. The molecule has 0 bridgehead atoms. The smallest absolute Gasteiger partial charge is 0.192 e. The summed E-state index contributed by atoms with van der Waals surface area (Å²) in [6.07, 6.45) is 0. The van der Waals surface area contributed by atoms with E-state index in [1.54, 1.807) is 14.2 Å². The van der Waals surface area contributed by atoms with Crippen LogP contribution in [0.5, 0.6) is 5.75 Å². The number of ketones is 1. The van der Waals surface area contributed by atoms with Crippen LogP contribution in [0, 0.1) is 13.8 Å². The summed E-state index contributed by atoms with van der Waals surface area (Å²) in [5.74, 6) is 1.96. The third-order valence-corrected chi connectivity index (χ3v) is 6.44. The van der Waals surface area contributed by atoms with Crippen LogP contribution in [-0.2, 0) is 4.74 Å². The van der Waals surface area contributed by atoms with Gasteiger partial charge in [0.25, 0.3) is 0 Å². The van der Waals surface area contributed by atoms with E-state index in [2.05, 4.69) is 40.1 Å². The third-order valence-electron chi connectivity index (χ3n) is 5.49. The van der Waals surface area contributed by atoms with Crippen LogP contribution in [-0.4, -0.2) is 51.7 Å². The Kier molecular flexibility index (Phi) is 7.79. The van der Waals surface area contributed by atoms with Crippen molar-refractivity contribution < 1.29 is 14.3 Å². The molecule has 2 aromatic heterocycles. The van der Waals surface area contributed by atoms with Crippen molar-refractivity contribution in [2.24, 2.45) is 0 Å². The number of aromatic nitrogens is 4. The molecule has 0 spiro atoms. The van der Waals surface area contributed by atoms with E-state index in [0.29, 0.717) is 12.4 Å². The van der Waals surface area contributed by atoms with E-state index in [9.17, 15) is 4.79 Å². The Morgan fingerprint density at radius 3 is 2.34 bits per heavy atom. The number of aryl methyl sites for hydroxylation is 1. The van der Waals surface area contributed by atoms with Crippen molar-refractivity contribution in [1.82, 2.24) is 19.3 Å². The van der Waals surface area contributed by atoms with Gasteiger partial charge in [-0.2, -0.15) is 0 Å². The first kappa shape index (κ1) is 24.1. The molecule has 0 amide bonds. The second-order valence-corrected chi connectivity index (χ2v) is 9.11. The molecule has 1 unspecified atom stereocenters. The van der Waals surface area contributed by atoms with Crippen molar-refractivity contribution in [2.45, 2.75) is 51.9 Å². The maximum Gasteiger partial charge on any atom is 0.192 e. The van der Waals surface area contributed by atoms with Crippen LogP contribution < -0.4 is 4.74 Å². The van der Waals surface area contributed by atoms with E-state index < -0.39 is 0 Å². The van der Waals surface area contributed by atoms with E-state index in [1.807, 2.05) is 44.2 Å². The zero-order valence-electron chi connectivity index (χ0n) is 19.9. The van der Waals surface area contributed by atoms with E-state index in [0.717, 1.165) is 39.2 Å². The number of carbonyl (C=O) groups is 1. The molecule has 7 nitrogen and oxygen atoms in total. The molecule has 0 aliphatic heterocycles. The summed E-state index contributed by atoms with van der Waals surface area (Å²) in [6.45, 7) is 10.9. The SMILES string of the molecule is COCC(C)n1c(C)cc(C(=O)CSc2nnc(-c3ccc(OC)cc3)n2C(C)C)c1C. The minimum Gasteiger partial charge on any atom is -0.497 e. The van der Waals surface area contributed by atoms with Gasteiger partial charge >= 0.3 is 0 Å². The molecule has 1 atom stereocenters. The molecule has 0 aliphatic rings. The van der Waals surface area contributed by atoms with Gasteiger partial charge in [-0.05, 0) is 65.0 Å². The predicted molar refractivity (Wildman–Crippen MR) is 128 cm³/mol. The van der Waals surface area contributed by atoms with Crippen LogP contribution in [0.1, 0.15) is 54.6 Å². The number of hydrogen-bond donors (Lipinski definition) is 0. The van der Waals surface area contributed by atoms with Crippen LogP contribution in [0.2, 0.25) is 0 Å². The van der Waals surface area contributed by atoms with Gasteiger partial charge < -0.3 is 14.0 Å². The molecule has 0 saturated carbocycles. The monoisotopic (exact) mass is 456 g/mol. The lowest BCUT2D eigenvalue weighted by atomic mass is 10.2. The van der Waals surface area contributed by atoms with Crippen LogP contribution in [0.15, 0.2) is 35.5 Å². The highest BCUT2D eigenvalue weighted by atomic mass is 32.2. The van der Waals surface area contributed by atoms with Crippen molar-refractivity contribution in [3.63, 3.8) is 0 Å². The number of Topliss-reactive ketones (excluding diaryl/α,β-unsaturated/α-hetero) is 1. The Bertz CT molecular complexity index is 1070. The Balaban J connectivity index is 1.81. The molecule has 1 aromatic carbocycles. The van der Waals surface area contributed by atoms with Crippen LogP contribution in [0.3, 0.4) is 0 Å². The highest BCUT2D eigenvalue weighted by Gasteiger charge is 2.21. The molecule has 32 heavy (non-hydrogen) atoms. The summed E-state index contributed by atoms with van der Waals surface area (Å²) in [5.41, 5.74) is 3.75. The van der Waals surface area contributed by atoms with Crippen molar-refractivity contribution in [3.05, 3.63) is 47.3 Å². The van der Waals surface area contributed by atoms with Gasteiger partial charge in [-0.1, -0.05) is 11.8 Å². The zero-order valence-corrected chi connectivity index (χ0v) is 20.7. The van der Waals surface area contributed by atoms with Crippen molar-refractivity contribution in [2.75, 3.05) is 26.6 Å². The fourth-order valence-electron chi connectivity index (χ4n) is 4.04. The molecule has 8 heteroatoms. The lowest BCUT2D eigenvalue weighted by molar-refractivity contribution is 0.102. The van der Waals surface area contributed by atoms with Gasteiger partial charge in [0.15, 0.2) is 16.8 Å². The predicted octanol–water partition coefficient (Wildman–Crippen LogP) is 5.14. The van der Waals surface area contributed by atoms with E-state index >= 15 is 0 Å². The second-order valence-electron chi connectivity index (χ2n) is 8.17. The van der Waals surface area contributed by atoms with Crippen LogP contribution in [0.25, 0.3) is 11.4 Å². The molecule has 0 saturated heterocycles. The number of rotatable bonds is 10. The third kappa shape index (κ3) is 4.91. The molecule has 0 aliphatic carbocycles. The normalized spacial score (nSPS) is 12.4. The molecular formula is C24H32N4O3S. The summed E-state index contributed by atoms with van der Waals surface area (Å²) >= 11 is 1.43. The lowest BCUT2D eigenvalue weighted by Crippen LogP contribution is -2.15. The standard InChI is InChI=1S/C24H32N4O3S/c1-15(2)27-23(19-8-10-20(31-7)11-9-19)25-26-24(27)32-14-22(29)21-12-16(3)28(18(21)5)17(4)13-30-6/h8-12,15,17H,13-14H2,1-7H3. The van der Waals surface area contributed by atoms with Gasteiger partial charge in [-0.15, -0.1) is 10.2 Å². The highest BCUT2D eigenvalue weighted by Crippen LogP contribution is 2.30. The Hall–Kier alpha value is -2.58. The first-order chi connectivity index (χ1) is 15.3. The molecule has 0 fully saturated rings. The van der Waals surface area contributed by atoms with Gasteiger partial charge in [0.2, 0.25) is 0 Å². The summed E-state index contributed by atoms with van der Waals surface area (Å²) in [6, 6.07) is 10.1. The van der Waals surface area contributed by atoms with E-state index in [4.69, 9.17) is 9.47 Å². The maximum atomic E-state index is 13.1. The topological polar surface area (TPSA) is 71.2 Å². The number of benzene rings is 1. The summed E-state index contributed by atoms with van der Waals surface area (Å²) in [7, 11) is 3.34. The second kappa shape index (κ2) is 10.4. The van der Waals surface area contributed by atoms with Crippen LogP contribution in [0.4, 0.5) is 0 Å². The van der Waals surface area contributed by atoms with Gasteiger partial charge in [-0.25, -0.2) is 0 Å². The minimum absolute atomic E-state index is 0.0864. The van der Waals surface area contributed by atoms with Gasteiger partial charge in [0.05, 0.1) is 25.5 Å². The Morgan fingerprint density at radius 1 is 1.06 bits per heavy atom. The largest absolute Gasteiger partial charge is 0.497 e.